The second kappa shape index (κ2) is 8.76. The van der Waals surface area contributed by atoms with Crippen molar-refractivity contribution in [1.29, 1.82) is 0 Å². The lowest BCUT2D eigenvalue weighted by Crippen LogP contribution is -2.43. The maximum Gasteiger partial charge on any atom is 0.224 e. The van der Waals surface area contributed by atoms with E-state index in [1.54, 1.807) is 0 Å². The molecule has 3 atom stereocenters. The molecule has 0 aliphatic carbocycles. The zero-order valence-electron chi connectivity index (χ0n) is 11.3. The molecule has 2 N–H and O–H groups in total. The smallest absolute Gasteiger partial charge is 0.224 e. The Hall–Kier alpha value is -0.280. The lowest BCUT2D eigenvalue weighted by molar-refractivity contribution is -0.126. The number of rotatable bonds is 5. The third-order valence-electron chi connectivity index (χ3n) is 3.51. The van der Waals surface area contributed by atoms with E-state index in [1.807, 2.05) is 0 Å². The summed E-state index contributed by atoms with van der Waals surface area (Å²) in [6.45, 7) is 8.46. The lowest BCUT2D eigenvalue weighted by Gasteiger charge is -2.25. The molecule has 1 aliphatic heterocycles. The number of carbonyl (C=O) groups excluding carboxylic acids is 1. The summed E-state index contributed by atoms with van der Waals surface area (Å²) in [5.74, 6) is 1.12. The highest BCUT2D eigenvalue weighted by Crippen LogP contribution is 2.13. The number of carbonyl (C=O) groups is 1. The van der Waals surface area contributed by atoms with E-state index in [-0.39, 0.29) is 24.2 Å². The third kappa shape index (κ3) is 6.27. The maximum atomic E-state index is 11.9. The summed E-state index contributed by atoms with van der Waals surface area (Å²) in [4.78, 5) is 11.9. The van der Waals surface area contributed by atoms with Crippen LogP contribution in [0.4, 0.5) is 0 Å². The minimum atomic E-state index is 0. The summed E-state index contributed by atoms with van der Waals surface area (Å²) >= 11 is 0. The van der Waals surface area contributed by atoms with Crippen molar-refractivity contribution in [3.63, 3.8) is 0 Å². The minimum absolute atomic E-state index is 0. The Morgan fingerprint density at radius 1 is 1.47 bits per heavy atom. The van der Waals surface area contributed by atoms with Crippen LogP contribution in [0.2, 0.25) is 0 Å². The molecule has 0 aromatic carbocycles. The Kier molecular flexibility index (Phi) is 8.61. The van der Waals surface area contributed by atoms with Crippen molar-refractivity contribution in [3.05, 3.63) is 0 Å². The Balaban J connectivity index is 0.00000256. The van der Waals surface area contributed by atoms with Crippen LogP contribution in [0, 0.1) is 11.8 Å². The first-order valence-electron chi connectivity index (χ1n) is 6.64. The van der Waals surface area contributed by atoms with Crippen molar-refractivity contribution in [2.45, 2.75) is 52.5 Å². The molecule has 2 unspecified atom stereocenters. The van der Waals surface area contributed by atoms with E-state index in [2.05, 4.69) is 31.4 Å². The van der Waals surface area contributed by atoms with Crippen LogP contribution in [0.1, 0.15) is 46.5 Å². The topological polar surface area (TPSA) is 41.1 Å². The molecule has 3 nitrogen and oxygen atoms in total. The monoisotopic (exact) mass is 262 g/mol. The highest BCUT2D eigenvalue weighted by Gasteiger charge is 2.22. The first-order valence-corrected chi connectivity index (χ1v) is 6.64. The predicted molar refractivity (Wildman–Crippen MR) is 74.5 cm³/mol. The van der Waals surface area contributed by atoms with Crippen molar-refractivity contribution in [1.82, 2.24) is 10.6 Å². The third-order valence-corrected chi connectivity index (χ3v) is 3.51. The first-order chi connectivity index (χ1) is 7.63. The van der Waals surface area contributed by atoms with Gasteiger partial charge < -0.3 is 10.6 Å². The molecule has 4 heteroatoms. The summed E-state index contributed by atoms with van der Waals surface area (Å²) in [6.07, 6.45) is 4.43. The quantitative estimate of drug-likeness (QED) is 0.799. The van der Waals surface area contributed by atoms with Gasteiger partial charge in [-0.2, -0.15) is 0 Å². The molecule has 0 spiro atoms. The van der Waals surface area contributed by atoms with Crippen LogP contribution in [0.15, 0.2) is 0 Å². The normalized spacial score (nSPS) is 23.4. The molecule has 1 saturated heterocycles. The van der Waals surface area contributed by atoms with Crippen LogP contribution in [0.25, 0.3) is 0 Å². The molecule has 0 saturated carbocycles. The maximum absolute atomic E-state index is 11.9. The van der Waals surface area contributed by atoms with Crippen molar-refractivity contribution in [3.8, 4) is 0 Å². The van der Waals surface area contributed by atoms with Gasteiger partial charge in [-0.25, -0.2) is 0 Å². The number of amides is 1. The summed E-state index contributed by atoms with van der Waals surface area (Å²) in [5.41, 5.74) is 0. The Bertz CT molecular complexity index is 217. The SMILES string of the molecule is CCC(C)CC(C)NC(=O)[C@@H]1CCCNC1.Cl. The second-order valence-electron chi connectivity index (χ2n) is 5.20. The molecular formula is C13H27ClN2O. The Morgan fingerprint density at radius 3 is 2.71 bits per heavy atom. The number of halogens is 1. The molecule has 0 bridgehead atoms. The van der Waals surface area contributed by atoms with Crippen molar-refractivity contribution in [2.24, 2.45) is 11.8 Å². The van der Waals surface area contributed by atoms with E-state index in [9.17, 15) is 4.79 Å². The van der Waals surface area contributed by atoms with Gasteiger partial charge in [-0.15, -0.1) is 12.4 Å². The average Bonchev–Trinajstić information content (AvgIpc) is 2.29. The van der Waals surface area contributed by atoms with Crippen molar-refractivity contribution < 1.29 is 4.79 Å². The summed E-state index contributed by atoms with van der Waals surface area (Å²) in [5, 5.41) is 6.42. The minimum Gasteiger partial charge on any atom is -0.353 e. The molecule has 0 radical (unpaired) electrons. The van der Waals surface area contributed by atoms with Crippen LogP contribution >= 0.6 is 12.4 Å². The van der Waals surface area contributed by atoms with Gasteiger partial charge in [0.1, 0.15) is 0 Å². The fourth-order valence-corrected chi connectivity index (χ4v) is 2.27. The van der Waals surface area contributed by atoms with Gasteiger partial charge in [-0.1, -0.05) is 20.3 Å². The average molecular weight is 263 g/mol. The second-order valence-corrected chi connectivity index (χ2v) is 5.20. The summed E-state index contributed by atoms with van der Waals surface area (Å²) < 4.78 is 0. The molecule has 102 valence electrons. The standard InChI is InChI=1S/C13H26N2O.ClH/c1-4-10(2)8-11(3)15-13(16)12-6-5-7-14-9-12;/h10-12,14H,4-9H2,1-3H3,(H,15,16);1H/t10?,11?,12-;/m1./s1. The van der Waals surface area contributed by atoms with E-state index in [0.29, 0.717) is 12.0 Å². The van der Waals surface area contributed by atoms with Gasteiger partial charge in [0, 0.05) is 12.6 Å². The molecule has 17 heavy (non-hydrogen) atoms. The van der Waals surface area contributed by atoms with Gasteiger partial charge in [-0.3, -0.25) is 4.79 Å². The number of piperidine rings is 1. The van der Waals surface area contributed by atoms with Crippen LogP contribution in [0.5, 0.6) is 0 Å². The highest BCUT2D eigenvalue weighted by molar-refractivity contribution is 5.85. The molecule has 0 aromatic heterocycles. The molecule has 1 fully saturated rings. The molecule has 1 amide bonds. The van der Waals surface area contributed by atoms with Crippen molar-refractivity contribution >= 4 is 18.3 Å². The Morgan fingerprint density at radius 2 is 2.18 bits per heavy atom. The molecule has 1 heterocycles. The summed E-state index contributed by atoms with van der Waals surface area (Å²) in [6, 6.07) is 0.310. The van der Waals surface area contributed by atoms with Gasteiger partial charge >= 0.3 is 0 Å². The van der Waals surface area contributed by atoms with E-state index < -0.39 is 0 Å². The summed E-state index contributed by atoms with van der Waals surface area (Å²) in [7, 11) is 0. The molecule has 1 rings (SSSR count). The largest absolute Gasteiger partial charge is 0.353 e. The number of hydrogen-bond donors (Lipinski definition) is 2. The van der Waals surface area contributed by atoms with Gasteiger partial charge in [0.05, 0.1) is 5.92 Å². The number of hydrogen-bond acceptors (Lipinski definition) is 2. The zero-order valence-corrected chi connectivity index (χ0v) is 12.1. The predicted octanol–water partition coefficient (Wildman–Crippen LogP) is 2.35. The van der Waals surface area contributed by atoms with Crippen LogP contribution in [-0.2, 0) is 4.79 Å². The fourth-order valence-electron chi connectivity index (χ4n) is 2.27. The van der Waals surface area contributed by atoms with Crippen LogP contribution in [-0.4, -0.2) is 25.0 Å². The van der Waals surface area contributed by atoms with Crippen LogP contribution < -0.4 is 10.6 Å². The van der Waals surface area contributed by atoms with E-state index in [0.717, 1.165) is 32.4 Å². The van der Waals surface area contributed by atoms with E-state index in [1.165, 1.54) is 6.42 Å². The first kappa shape index (κ1) is 16.7. The fraction of sp³-hybridized carbons (Fsp3) is 0.923. The van der Waals surface area contributed by atoms with E-state index >= 15 is 0 Å². The number of nitrogens with one attached hydrogen (secondary N) is 2. The van der Waals surface area contributed by atoms with Gasteiger partial charge in [0.2, 0.25) is 5.91 Å². The highest BCUT2D eigenvalue weighted by atomic mass is 35.5. The van der Waals surface area contributed by atoms with Crippen LogP contribution in [0.3, 0.4) is 0 Å². The zero-order chi connectivity index (χ0) is 12.0. The molecule has 0 aromatic rings. The van der Waals surface area contributed by atoms with Gasteiger partial charge in [0.15, 0.2) is 0 Å². The van der Waals surface area contributed by atoms with Gasteiger partial charge in [0.25, 0.3) is 0 Å². The van der Waals surface area contributed by atoms with Gasteiger partial charge in [-0.05, 0) is 38.6 Å². The molecular weight excluding hydrogens is 236 g/mol. The lowest BCUT2D eigenvalue weighted by atomic mass is 9.96. The Labute approximate surface area is 112 Å². The molecule has 1 aliphatic rings. The van der Waals surface area contributed by atoms with Crippen molar-refractivity contribution in [2.75, 3.05) is 13.1 Å². The van der Waals surface area contributed by atoms with E-state index in [4.69, 9.17) is 0 Å².